The normalized spacial score (nSPS) is 12.1. The van der Waals surface area contributed by atoms with E-state index >= 15 is 0 Å². The molecule has 133 heavy (non-hydrogen) atoms. The number of para-hydroxylation sites is 3. The van der Waals surface area contributed by atoms with Gasteiger partial charge in [-0.05, 0) is 223 Å². The molecule has 0 radical (unpaired) electrons. The number of furan rings is 2. The van der Waals surface area contributed by atoms with E-state index in [2.05, 4.69) is 383 Å². The maximum absolute atomic E-state index is 6.78. The van der Waals surface area contributed by atoms with E-state index in [1.54, 1.807) is 0 Å². The van der Waals surface area contributed by atoms with E-state index in [0.717, 1.165) is 183 Å². The summed E-state index contributed by atoms with van der Waals surface area (Å²) in [5, 5.41) is 11.2. The fraction of sp³-hybridized carbons (Fsp3) is 0.0656. The van der Waals surface area contributed by atoms with Gasteiger partial charge < -0.3 is 22.5 Å². The molecule has 0 spiro atoms. The Hall–Kier alpha value is -17.0. The number of aromatic nitrogens is 9. The second kappa shape index (κ2) is 30.9. The number of rotatable bonds is 14. The molecule has 0 fully saturated rings. The lowest BCUT2D eigenvalue weighted by Crippen LogP contribution is -2.17. The van der Waals surface area contributed by atoms with E-state index in [1.165, 1.54) is 43.7 Å². The van der Waals surface area contributed by atoms with Crippen molar-refractivity contribution < 1.29 is 8.83 Å². The molecule has 7 aromatic heterocycles. The third-order valence-corrected chi connectivity index (χ3v) is 26.6. The van der Waals surface area contributed by atoms with E-state index in [-0.39, 0.29) is 10.8 Å². The highest BCUT2D eigenvalue weighted by molar-refractivity contribution is 6.18. The summed E-state index contributed by atoms with van der Waals surface area (Å²) in [5.41, 5.74) is 31.7. The lowest BCUT2D eigenvalue weighted by atomic mass is 9.80. The predicted octanol–water partition coefficient (Wildman–Crippen LogP) is 32.1. The molecule has 0 amide bonds. The third-order valence-electron chi connectivity index (χ3n) is 26.6. The largest absolute Gasteiger partial charge is 0.456 e. The Bertz CT molecular complexity index is 8950. The van der Waals surface area contributed by atoms with Crippen molar-refractivity contribution in [1.82, 2.24) is 43.6 Å². The highest BCUT2D eigenvalue weighted by atomic mass is 16.3. The second-order valence-corrected chi connectivity index (χ2v) is 37.0. The van der Waals surface area contributed by atoms with Crippen molar-refractivity contribution in [1.29, 1.82) is 0 Å². The standard InChI is InChI=1S/C122H85N9O2/c1-121(2,3)88-70-89(122(4,5)6)72-92(71-88)131-106-57-50-78(66-98(106)99-67-80(52-58-107(99)131)82-54-61-110-102(69-82)114-93(44-26-49-112(114)133-110)83-35-24-38-86(63-83)119-124-115(74-28-11-7-12-29-74)123-116(125-119)75-30-13-8-14-31-75)77-34-23-37-85(62-77)118-126-117(76-32-15-9-16-33-76)127-120(128-118)87-39-25-36-84(64-87)94-45-27-48-111-113(94)101-68-81(53-60-109(101)132-111)79-51-56-105-97(65-79)95-42-19-22-47-104(95)130(105)91-55-59-108-100(73-91)96-43-20-21-46-103(96)129(108)90-40-17-10-18-41-90/h7-73H,1-6H3. The Labute approximate surface area is 767 Å². The first kappa shape index (κ1) is 78.3. The molecule has 0 atom stereocenters. The first-order valence-electron chi connectivity index (χ1n) is 45.4. The zero-order chi connectivity index (χ0) is 88.9. The molecule has 0 unspecified atom stereocenters. The highest BCUT2D eigenvalue weighted by Crippen LogP contribution is 2.48. The van der Waals surface area contributed by atoms with Crippen LogP contribution in [0, 0.1) is 0 Å². The van der Waals surface area contributed by atoms with Gasteiger partial charge in [0.25, 0.3) is 0 Å². The van der Waals surface area contributed by atoms with Gasteiger partial charge in [-0.25, -0.2) is 29.9 Å². The van der Waals surface area contributed by atoms with Crippen molar-refractivity contribution in [3.8, 4) is 141 Å². The van der Waals surface area contributed by atoms with Crippen molar-refractivity contribution in [2.45, 2.75) is 52.4 Å². The van der Waals surface area contributed by atoms with Gasteiger partial charge in [-0.1, -0.05) is 302 Å². The number of hydrogen-bond acceptors (Lipinski definition) is 8. The molecular weight excluding hydrogens is 1620 g/mol. The van der Waals surface area contributed by atoms with Crippen LogP contribution in [0.4, 0.5) is 0 Å². The quantitative estimate of drug-likeness (QED) is 0.106. The first-order chi connectivity index (χ1) is 65.1. The Balaban J connectivity index is 0.573. The number of benzene rings is 18. The summed E-state index contributed by atoms with van der Waals surface area (Å²) < 4.78 is 20.8. The van der Waals surface area contributed by atoms with Crippen LogP contribution in [-0.2, 0) is 10.8 Å². The molecule has 25 aromatic rings. The Morgan fingerprint density at radius 2 is 0.474 bits per heavy atom. The van der Waals surface area contributed by atoms with E-state index in [1.807, 2.05) is 78.9 Å². The summed E-state index contributed by atoms with van der Waals surface area (Å²) in [7, 11) is 0. The molecule has 25 rings (SSSR count). The van der Waals surface area contributed by atoms with Crippen molar-refractivity contribution >= 4 is 109 Å². The molecule has 630 valence electrons. The summed E-state index contributed by atoms with van der Waals surface area (Å²) in [6, 6.07) is 145. The number of fused-ring (bicyclic) bond motifs is 15. The number of nitrogens with zero attached hydrogens (tertiary/aromatic N) is 9. The zero-order valence-corrected chi connectivity index (χ0v) is 74.0. The van der Waals surface area contributed by atoms with Gasteiger partial charge in [0, 0.05) is 104 Å². The minimum Gasteiger partial charge on any atom is -0.456 e. The monoisotopic (exact) mass is 1710 g/mol. The van der Waals surface area contributed by atoms with Gasteiger partial charge in [0.2, 0.25) is 0 Å². The lowest BCUT2D eigenvalue weighted by molar-refractivity contribution is 0.568. The average molecular weight is 1710 g/mol. The first-order valence-corrected chi connectivity index (χ1v) is 45.4. The van der Waals surface area contributed by atoms with Crippen LogP contribution in [0.1, 0.15) is 52.7 Å². The Morgan fingerprint density at radius 3 is 0.895 bits per heavy atom. The van der Waals surface area contributed by atoms with Gasteiger partial charge in [0.05, 0.1) is 33.1 Å². The minimum absolute atomic E-state index is 0.116. The summed E-state index contributed by atoms with van der Waals surface area (Å²) in [6.07, 6.45) is 0. The SMILES string of the molecule is CC(C)(C)c1cc(-n2c3ccc(-c4cccc(-c5nc(-c6ccccc6)nc(-c6cccc(-c7cccc8oc9ccc(-c%10ccc%11c(c%10)c%10ccccc%10n%11-c%10ccc%11c(c%10)c%10ccccc%10n%11-c%10ccccc%10)cc9c78)c6)n5)c4)cc3c3cc(-c4ccc5oc6cccc(-c7cccc(-c8nc(-c9ccccc9)nc(-c9ccccc9)n8)c7)c6c5c4)ccc32)cc(C(C)(C)C)c1. The fourth-order valence-corrected chi connectivity index (χ4v) is 19.9. The van der Waals surface area contributed by atoms with E-state index in [9.17, 15) is 0 Å². The maximum atomic E-state index is 6.78. The van der Waals surface area contributed by atoms with Crippen LogP contribution < -0.4 is 0 Å². The molecule has 0 saturated heterocycles. The molecule has 18 aromatic carbocycles. The molecule has 0 bridgehead atoms. The zero-order valence-electron chi connectivity index (χ0n) is 74.0. The van der Waals surface area contributed by atoms with Crippen molar-refractivity contribution in [3.63, 3.8) is 0 Å². The summed E-state index contributed by atoms with van der Waals surface area (Å²) in [6.45, 7) is 13.9. The summed E-state index contributed by atoms with van der Waals surface area (Å²) in [5.74, 6) is 3.52. The molecule has 0 aliphatic carbocycles. The van der Waals surface area contributed by atoms with Gasteiger partial charge >= 0.3 is 0 Å². The smallest absolute Gasteiger partial charge is 0.164 e. The van der Waals surface area contributed by atoms with Crippen molar-refractivity contribution in [2.24, 2.45) is 0 Å². The molecule has 0 aliphatic rings. The fourth-order valence-electron chi connectivity index (χ4n) is 19.9. The molecule has 0 aliphatic heterocycles. The second-order valence-electron chi connectivity index (χ2n) is 37.0. The topological polar surface area (TPSA) is 118 Å². The molecule has 11 nitrogen and oxygen atoms in total. The summed E-state index contributed by atoms with van der Waals surface area (Å²) in [4.78, 5) is 31.4. The lowest BCUT2D eigenvalue weighted by Gasteiger charge is -2.26. The van der Waals surface area contributed by atoms with Crippen LogP contribution >= 0.6 is 0 Å². The molecule has 0 saturated carbocycles. The van der Waals surface area contributed by atoms with Crippen LogP contribution in [0.15, 0.2) is 415 Å². The van der Waals surface area contributed by atoms with Crippen LogP contribution in [0.5, 0.6) is 0 Å². The van der Waals surface area contributed by atoms with Crippen LogP contribution in [0.3, 0.4) is 0 Å². The van der Waals surface area contributed by atoms with Gasteiger partial charge in [0.1, 0.15) is 22.3 Å². The Kier molecular flexibility index (Phi) is 18.2. The van der Waals surface area contributed by atoms with Gasteiger partial charge in [0.15, 0.2) is 34.9 Å². The summed E-state index contributed by atoms with van der Waals surface area (Å²) >= 11 is 0. The molecule has 0 N–H and O–H groups in total. The van der Waals surface area contributed by atoms with Crippen LogP contribution in [-0.4, -0.2) is 43.6 Å². The van der Waals surface area contributed by atoms with Gasteiger partial charge in [-0.2, -0.15) is 0 Å². The van der Waals surface area contributed by atoms with Crippen molar-refractivity contribution in [3.05, 3.63) is 418 Å². The van der Waals surface area contributed by atoms with E-state index in [0.29, 0.717) is 34.9 Å². The maximum Gasteiger partial charge on any atom is 0.164 e. The van der Waals surface area contributed by atoms with Gasteiger partial charge in [-0.3, -0.25) is 0 Å². The number of hydrogen-bond donors (Lipinski definition) is 0. The molecule has 11 heteroatoms. The van der Waals surface area contributed by atoms with Crippen molar-refractivity contribution in [2.75, 3.05) is 0 Å². The average Bonchev–Trinajstić information content (AvgIpc) is 1.55. The van der Waals surface area contributed by atoms with Gasteiger partial charge in [-0.15, -0.1) is 0 Å². The highest BCUT2D eigenvalue weighted by Gasteiger charge is 2.28. The molecule has 7 heterocycles. The minimum atomic E-state index is -0.116. The van der Waals surface area contributed by atoms with Crippen LogP contribution in [0.2, 0.25) is 0 Å². The van der Waals surface area contributed by atoms with E-state index < -0.39 is 0 Å². The van der Waals surface area contributed by atoms with E-state index in [4.69, 9.17) is 38.7 Å². The molecular formula is C122H85N9O2. The predicted molar refractivity (Wildman–Crippen MR) is 548 cm³/mol. The Morgan fingerprint density at radius 1 is 0.180 bits per heavy atom. The van der Waals surface area contributed by atoms with Crippen LogP contribution in [0.25, 0.3) is 250 Å². The third kappa shape index (κ3) is 13.6.